The van der Waals surface area contributed by atoms with E-state index >= 15 is 0 Å². The Bertz CT molecular complexity index is 351. The van der Waals surface area contributed by atoms with Crippen molar-refractivity contribution in [1.29, 1.82) is 0 Å². The van der Waals surface area contributed by atoms with E-state index in [1.807, 2.05) is 0 Å². The van der Waals surface area contributed by atoms with Crippen LogP contribution in [0.15, 0.2) is 30.3 Å². The van der Waals surface area contributed by atoms with Crippen molar-refractivity contribution in [3.8, 4) is 0 Å². The van der Waals surface area contributed by atoms with Gasteiger partial charge in [0.1, 0.15) is 6.10 Å². The molecule has 1 rings (SSSR count). The highest BCUT2D eigenvalue weighted by Crippen LogP contribution is 2.25. The van der Waals surface area contributed by atoms with Crippen molar-refractivity contribution < 1.29 is 22.7 Å². The molecule has 1 unspecified atom stereocenters. The summed E-state index contributed by atoms with van der Waals surface area (Å²) in [5, 5.41) is 0.110. The predicted molar refractivity (Wildman–Crippen MR) is 55.1 cm³/mol. The number of benzene rings is 1. The topological polar surface area (TPSA) is 26.3 Å². The first-order valence-corrected chi connectivity index (χ1v) is 5.46. The molecule has 0 saturated carbocycles. The fourth-order valence-electron chi connectivity index (χ4n) is 1.05. The van der Waals surface area contributed by atoms with E-state index in [1.54, 1.807) is 30.3 Å². The molecule has 0 aliphatic rings. The Morgan fingerprint density at radius 3 is 2.31 bits per heavy atom. The van der Waals surface area contributed by atoms with Crippen LogP contribution in [0.2, 0.25) is 0 Å². The number of esters is 1. The number of carbonyl (C=O) groups is 1. The molecule has 16 heavy (non-hydrogen) atoms. The van der Waals surface area contributed by atoms with Crippen molar-refractivity contribution >= 4 is 21.9 Å². The predicted octanol–water partition coefficient (Wildman–Crippen LogP) is 3.23. The molecule has 0 aromatic heterocycles. The van der Waals surface area contributed by atoms with Gasteiger partial charge in [0.05, 0.1) is 0 Å². The van der Waals surface area contributed by atoms with Crippen molar-refractivity contribution in [1.82, 2.24) is 0 Å². The third kappa shape index (κ3) is 3.52. The Hall–Kier alpha value is -1.04. The molecule has 1 aromatic rings. The minimum absolute atomic E-state index is 0.110. The Balaban J connectivity index is 2.75. The number of alkyl halides is 4. The molecule has 6 heteroatoms. The van der Waals surface area contributed by atoms with Gasteiger partial charge in [-0.1, -0.05) is 46.3 Å². The molecular weight excluding hydrogens is 289 g/mol. The van der Waals surface area contributed by atoms with E-state index in [0.717, 1.165) is 0 Å². The number of halogens is 4. The van der Waals surface area contributed by atoms with Crippen LogP contribution in [-0.4, -0.2) is 17.5 Å². The Labute approximate surface area is 98.5 Å². The first kappa shape index (κ1) is 13.0. The smallest absolute Gasteiger partial charge is 0.450 e. The normalized spacial score (nSPS) is 13.2. The monoisotopic (exact) mass is 296 g/mol. The minimum atomic E-state index is -4.96. The van der Waals surface area contributed by atoms with E-state index in [1.165, 1.54) is 0 Å². The van der Waals surface area contributed by atoms with Gasteiger partial charge >= 0.3 is 12.1 Å². The second-order valence-corrected chi connectivity index (χ2v) is 3.60. The number of hydrogen-bond donors (Lipinski definition) is 0. The third-order valence-electron chi connectivity index (χ3n) is 1.79. The van der Waals surface area contributed by atoms with Crippen LogP contribution in [0, 0.1) is 0 Å². The van der Waals surface area contributed by atoms with Gasteiger partial charge in [-0.25, -0.2) is 4.79 Å². The SMILES string of the molecule is O=C(OC(CBr)c1ccccc1)C(F)(F)F. The summed E-state index contributed by atoms with van der Waals surface area (Å²) in [6.07, 6.45) is -5.90. The van der Waals surface area contributed by atoms with Crippen molar-refractivity contribution in [2.45, 2.75) is 12.3 Å². The average molecular weight is 297 g/mol. The molecule has 1 atom stereocenters. The molecule has 0 fully saturated rings. The number of ether oxygens (including phenoxy) is 1. The van der Waals surface area contributed by atoms with Crippen molar-refractivity contribution in [2.24, 2.45) is 0 Å². The molecule has 0 bridgehead atoms. The summed E-state index contributed by atoms with van der Waals surface area (Å²) in [6.45, 7) is 0. The Kier molecular flexibility index (Phi) is 4.35. The first-order valence-electron chi connectivity index (χ1n) is 4.34. The summed E-state index contributed by atoms with van der Waals surface area (Å²) < 4.78 is 40.3. The summed E-state index contributed by atoms with van der Waals surface area (Å²) in [7, 11) is 0. The minimum Gasteiger partial charge on any atom is -0.450 e. The highest BCUT2D eigenvalue weighted by atomic mass is 79.9. The quantitative estimate of drug-likeness (QED) is 0.632. The van der Waals surface area contributed by atoms with Gasteiger partial charge in [-0.05, 0) is 5.56 Å². The van der Waals surface area contributed by atoms with Crippen molar-refractivity contribution in [3.63, 3.8) is 0 Å². The van der Waals surface area contributed by atoms with Crippen LogP contribution >= 0.6 is 15.9 Å². The molecule has 88 valence electrons. The molecule has 0 amide bonds. The van der Waals surface area contributed by atoms with Gasteiger partial charge in [-0.2, -0.15) is 13.2 Å². The third-order valence-corrected chi connectivity index (χ3v) is 2.38. The average Bonchev–Trinajstić information content (AvgIpc) is 2.25. The zero-order chi connectivity index (χ0) is 12.2. The van der Waals surface area contributed by atoms with Gasteiger partial charge in [0, 0.05) is 5.33 Å². The van der Waals surface area contributed by atoms with Crippen LogP contribution in [0.5, 0.6) is 0 Å². The molecule has 0 heterocycles. The van der Waals surface area contributed by atoms with Crippen LogP contribution in [0.4, 0.5) is 13.2 Å². The lowest BCUT2D eigenvalue weighted by Gasteiger charge is -2.16. The van der Waals surface area contributed by atoms with Gasteiger partial charge < -0.3 is 4.74 Å². The zero-order valence-electron chi connectivity index (χ0n) is 8.00. The number of rotatable bonds is 3. The summed E-state index contributed by atoms with van der Waals surface area (Å²) in [6, 6.07) is 8.23. The van der Waals surface area contributed by atoms with Crippen LogP contribution in [0.1, 0.15) is 11.7 Å². The molecule has 0 aliphatic carbocycles. The maximum atomic E-state index is 12.0. The van der Waals surface area contributed by atoms with E-state index in [-0.39, 0.29) is 5.33 Å². The van der Waals surface area contributed by atoms with Crippen LogP contribution in [0.3, 0.4) is 0 Å². The lowest BCUT2D eigenvalue weighted by Crippen LogP contribution is -2.27. The Morgan fingerprint density at radius 1 is 1.31 bits per heavy atom. The fraction of sp³-hybridized carbons (Fsp3) is 0.300. The molecule has 0 spiro atoms. The largest absolute Gasteiger partial charge is 0.490 e. The van der Waals surface area contributed by atoms with E-state index < -0.39 is 18.2 Å². The molecule has 0 N–H and O–H groups in total. The lowest BCUT2D eigenvalue weighted by atomic mass is 10.1. The second kappa shape index (κ2) is 5.34. The van der Waals surface area contributed by atoms with Crippen LogP contribution < -0.4 is 0 Å². The fourth-order valence-corrected chi connectivity index (χ4v) is 1.56. The maximum Gasteiger partial charge on any atom is 0.490 e. The number of carbonyl (C=O) groups excluding carboxylic acids is 1. The van der Waals surface area contributed by atoms with E-state index in [2.05, 4.69) is 20.7 Å². The zero-order valence-corrected chi connectivity index (χ0v) is 9.59. The van der Waals surface area contributed by atoms with Crippen molar-refractivity contribution in [2.75, 3.05) is 5.33 Å². The molecule has 0 saturated heterocycles. The van der Waals surface area contributed by atoms with E-state index in [4.69, 9.17) is 0 Å². The standard InChI is InChI=1S/C10H8BrF3O2/c11-6-8(7-4-2-1-3-5-7)16-9(15)10(12,13)14/h1-5,8H,6H2. The summed E-state index contributed by atoms with van der Waals surface area (Å²) in [5.41, 5.74) is 0.511. The van der Waals surface area contributed by atoms with Crippen molar-refractivity contribution in [3.05, 3.63) is 35.9 Å². The van der Waals surface area contributed by atoms with Crippen LogP contribution in [-0.2, 0) is 9.53 Å². The molecule has 0 aliphatic heterocycles. The van der Waals surface area contributed by atoms with Gasteiger partial charge in [-0.3, -0.25) is 0 Å². The molecular formula is C10H8BrF3O2. The lowest BCUT2D eigenvalue weighted by molar-refractivity contribution is -0.204. The molecule has 1 aromatic carbocycles. The second-order valence-electron chi connectivity index (χ2n) is 2.96. The van der Waals surface area contributed by atoms with E-state index in [0.29, 0.717) is 5.56 Å². The van der Waals surface area contributed by atoms with Crippen LogP contribution in [0.25, 0.3) is 0 Å². The maximum absolute atomic E-state index is 12.0. The first-order chi connectivity index (χ1) is 7.45. The highest BCUT2D eigenvalue weighted by Gasteiger charge is 2.42. The van der Waals surface area contributed by atoms with Gasteiger partial charge in [0.2, 0.25) is 0 Å². The Morgan fingerprint density at radius 2 is 1.88 bits per heavy atom. The summed E-state index contributed by atoms with van der Waals surface area (Å²) in [5.74, 6) is -2.18. The van der Waals surface area contributed by atoms with Gasteiger partial charge in [0.15, 0.2) is 0 Å². The van der Waals surface area contributed by atoms with Gasteiger partial charge in [0.25, 0.3) is 0 Å². The van der Waals surface area contributed by atoms with Gasteiger partial charge in [-0.15, -0.1) is 0 Å². The highest BCUT2D eigenvalue weighted by molar-refractivity contribution is 9.09. The molecule has 2 nitrogen and oxygen atoms in total. The summed E-state index contributed by atoms with van der Waals surface area (Å²) in [4.78, 5) is 10.6. The summed E-state index contributed by atoms with van der Waals surface area (Å²) >= 11 is 3.00. The molecule has 0 radical (unpaired) electrons. The number of hydrogen-bond acceptors (Lipinski definition) is 2. The van der Waals surface area contributed by atoms with E-state index in [9.17, 15) is 18.0 Å².